The summed E-state index contributed by atoms with van der Waals surface area (Å²) in [5.41, 5.74) is 3.35. The van der Waals surface area contributed by atoms with Crippen molar-refractivity contribution in [2.24, 2.45) is 11.8 Å². The first-order valence-corrected chi connectivity index (χ1v) is 7.68. The Morgan fingerprint density at radius 3 is 2.72 bits per heavy atom. The number of carbonyl (C=O) groups is 2. The van der Waals surface area contributed by atoms with E-state index in [4.69, 9.17) is 0 Å². The molecule has 25 heavy (non-hydrogen) atoms. The highest BCUT2D eigenvalue weighted by molar-refractivity contribution is 5.80. The number of hydroxylamine groups is 2. The smallest absolute Gasteiger partial charge is 0.286 e. The van der Waals surface area contributed by atoms with Crippen LogP contribution in [-0.2, 0) is 15.8 Å². The van der Waals surface area contributed by atoms with Gasteiger partial charge in [0.1, 0.15) is 5.69 Å². The predicted molar refractivity (Wildman–Crippen MR) is 78.8 cm³/mol. The third-order valence-electron chi connectivity index (χ3n) is 4.05. The molecule has 0 unspecified atom stereocenters. The highest BCUT2D eigenvalue weighted by Gasteiger charge is 2.34. The summed E-state index contributed by atoms with van der Waals surface area (Å²) in [7, 11) is 0. The molecule has 138 valence electrons. The zero-order chi connectivity index (χ0) is 18.4. The van der Waals surface area contributed by atoms with Crippen molar-refractivity contribution in [1.29, 1.82) is 0 Å². The van der Waals surface area contributed by atoms with E-state index in [1.807, 2.05) is 0 Å². The second-order valence-electron chi connectivity index (χ2n) is 5.76. The van der Waals surface area contributed by atoms with E-state index in [1.54, 1.807) is 0 Å². The molecule has 0 aliphatic heterocycles. The van der Waals surface area contributed by atoms with E-state index >= 15 is 0 Å². The number of aromatic nitrogens is 2. The van der Waals surface area contributed by atoms with E-state index < -0.39 is 29.6 Å². The van der Waals surface area contributed by atoms with Gasteiger partial charge in [-0.3, -0.25) is 25.6 Å². The molecule has 3 N–H and O–H groups in total. The fourth-order valence-electron chi connectivity index (χ4n) is 2.84. The minimum atomic E-state index is -4.63. The Morgan fingerprint density at radius 2 is 2.12 bits per heavy atom. The number of hydrogen-bond donors (Lipinski definition) is 3. The van der Waals surface area contributed by atoms with Gasteiger partial charge in [-0.25, -0.2) is 15.0 Å². The zero-order valence-corrected chi connectivity index (χ0v) is 13.2. The molecule has 1 fully saturated rings. The second kappa shape index (κ2) is 8.10. The van der Waals surface area contributed by atoms with Crippen molar-refractivity contribution in [2.75, 3.05) is 12.0 Å². The molecule has 2 amide bonds. The zero-order valence-electron chi connectivity index (χ0n) is 13.2. The normalized spacial score (nSPS) is 16.3. The number of alkyl halides is 3. The lowest BCUT2D eigenvalue weighted by Crippen LogP contribution is -2.43. The molecular weight excluding hydrogens is 343 g/mol. The fraction of sp³-hybridized carbons (Fsp3) is 0.571. The standard InChI is InChI=1S/C14H18F3N5O3/c15-14(16,17)11-5-6-18-13(19-11)21-20-12(24)10(7-22(25)8-23)9-3-1-2-4-9/h5-6,8-10,25H,1-4,7H2,(H,20,24)(H,18,19,21)/t10-/m1/s1. The van der Waals surface area contributed by atoms with Gasteiger partial charge >= 0.3 is 6.18 Å². The van der Waals surface area contributed by atoms with E-state index in [1.165, 1.54) is 0 Å². The fourth-order valence-corrected chi connectivity index (χ4v) is 2.84. The second-order valence-corrected chi connectivity index (χ2v) is 5.76. The number of rotatable bonds is 7. The minimum absolute atomic E-state index is 0.0289. The number of anilines is 1. The maximum Gasteiger partial charge on any atom is 0.433 e. The Bertz CT molecular complexity index is 608. The van der Waals surface area contributed by atoms with E-state index in [2.05, 4.69) is 20.8 Å². The van der Waals surface area contributed by atoms with Gasteiger partial charge in [0.25, 0.3) is 0 Å². The van der Waals surface area contributed by atoms with Gasteiger partial charge in [0.15, 0.2) is 0 Å². The van der Waals surface area contributed by atoms with Crippen LogP contribution in [0.25, 0.3) is 0 Å². The van der Waals surface area contributed by atoms with Crippen LogP contribution in [0.2, 0.25) is 0 Å². The molecule has 1 aliphatic rings. The molecule has 2 rings (SSSR count). The van der Waals surface area contributed by atoms with Crippen LogP contribution in [0, 0.1) is 11.8 Å². The molecule has 0 aromatic carbocycles. The van der Waals surface area contributed by atoms with Crippen LogP contribution in [0.4, 0.5) is 19.1 Å². The van der Waals surface area contributed by atoms with Crippen LogP contribution in [0.5, 0.6) is 0 Å². The summed E-state index contributed by atoms with van der Waals surface area (Å²) in [6.45, 7) is -0.203. The van der Waals surface area contributed by atoms with Gasteiger partial charge in [-0.05, 0) is 24.8 Å². The molecule has 0 saturated heterocycles. The molecule has 1 atom stereocenters. The van der Waals surface area contributed by atoms with Crippen molar-refractivity contribution < 1.29 is 28.0 Å². The molecule has 1 aromatic heterocycles. The Kier molecular flexibility index (Phi) is 6.12. The number of hydrogen-bond acceptors (Lipinski definition) is 6. The third kappa shape index (κ3) is 5.28. The predicted octanol–water partition coefficient (Wildman–Crippen LogP) is 1.59. The van der Waals surface area contributed by atoms with Gasteiger partial charge in [-0.1, -0.05) is 12.8 Å². The van der Waals surface area contributed by atoms with Gasteiger partial charge in [-0.15, -0.1) is 0 Å². The molecule has 1 saturated carbocycles. The Labute approximate surface area is 141 Å². The molecule has 8 nitrogen and oxygen atoms in total. The molecule has 0 radical (unpaired) electrons. The van der Waals surface area contributed by atoms with Crippen molar-refractivity contribution in [1.82, 2.24) is 20.5 Å². The van der Waals surface area contributed by atoms with Crippen LogP contribution in [0.1, 0.15) is 31.4 Å². The minimum Gasteiger partial charge on any atom is -0.286 e. The Balaban J connectivity index is 2.01. The topological polar surface area (TPSA) is 107 Å². The first-order chi connectivity index (χ1) is 11.8. The molecule has 11 heteroatoms. The summed E-state index contributed by atoms with van der Waals surface area (Å²) in [6, 6.07) is 0.710. The molecule has 1 heterocycles. The number of amides is 2. The number of nitrogens with one attached hydrogen (secondary N) is 2. The van der Waals surface area contributed by atoms with E-state index in [0.717, 1.165) is 31.9 Å². The summed E-state index contributed by atoms with van der Waals surface area (Å²) < 4.78 is 37.8. The van der Waals surface area contributed by atoms with E-state index in [-0.39, 0.29) is 18.9 Å². The average molecular weight is 361 g/mol. The summed E-state index contributed by atoms with van der Waals surface area (Å²) >= 11 is 0. The van der Waals surface area contributed by atoms with Crippen LogP contribution in [0.15, 0.2) is 12.3 Å². The van der Waals surface area contributed by atoms with Crippen molar-refractivity contribution in [2.45, 2.75) is 31.9 Å². The van der Waals surface area contributed by atoms with Crippen molar-refractivity contribution in [3.63, 3.8) is 0 Å². The molecule has 0 bridgehead atoms. The highest BCUT2D eigenvalue weighted by atomic mass is 19.4. The average Bonchev–Trinajstić information content (AvgIpc) is 3.11. The lowest BCUT2D eigenvalue weighted by atomic mass is 9.90. The number of hydrazine groups is 1. The van der Waals surface area contributed by atoms with Crippen LogP contribution < -0.4 is 10.9 Å². The molecule has 1 aliphatic carbocycles. The van der Waals surface area contributed by atoms with Crippen molar-refractivity contribution >= 4 is 18.3 Å². The Morgan fingerprint density at radius 1 is 1.44 bits per heavy atom. The van der Waals surface area contributed by atoms with Gasteiger partial charge in [-0.2, -0.15) is 13.2 Å². The maximum absolute atomic E-state index is 12.6. The lowest BCUT2D eigenvalue weighted by molar-refractivity contribution is -0.156. The SMILES string of the molecule is O=CN(O)C[C@@H](C(=O)NNc1nccc(C(F)(F)F)n1)C1CCCC1. The maximum atomic E-state index is 12.6. The van der Waals surface area contributed by atoms with Crippen molar-refractivity contribution in [3.8, 4) is 0 Å². The lowest BCUT2D eigenvalue weighted by Gasteiger charge is -2.24. The number of carbonyl (C=O) groups excluding carboxylic acids is 2. The van der Waals surface area contributed by atoms with Gasteiger partial charge in [0.2, 0.25) is 18.3 Å². The highest BCUT2D eigenvalue weighted by Crippen LogP contribution is 2.32. The summed E-state index contributed by atoms with van der Waals surface area (Å²) in [4.78, 5) is 29.8. The van der Waals surface area contributed by atoms with E-state index in [0.29, 0.717) is 11.1 Å². The number of nitrogens with zero attached hydrogens (tertiary/aromatic N) is 3. The summed E-state index contributed by atoms with van der Waals surface area (Å²) in [5, 5.41) is 9.74. The van der Waals surface area contributed by atoms with Crippen molar-refractivity contribution in [3.05, 3.63) is 18.0 Å². The Hall–Kier alpha value is -2.43. The number of halogens is 3. The summed E-state index contributed by atoms with van der Waals surface area (Å²) in [6.07, 6.45) is -0.109. The van der Waals surface area contributed by atoms with Gasteiger partial charge in [0.05, 0.1) is 12.5 Å². The van der Waals surface area contributed by atoms with E-state index in [9.17, 15) is 28.0 Å². The van der Waals surface area contributed by atoms with Crippen LogP contribution >= 0.6 is 0 Å². The first-order valence-electron chi connectivity index (χ1n) is 7.68. The third-order valence-corrected chi connectivity index (χ3v) is 4.05. The summed E-state index contributed by atoms with van der Waals surface area (Å²) in [5.74, 6) is -1.70. The van der Waals surface area contributed by atoms with Gasteiger partial charge in [0, 0.05) is 6.20 Å². The largest absolute Gasteiger partial charge is 0.433 e. The quantitative estimate of drug-likeness (QED) is 0.387. The molecular formula is C14H18F3N5O3. The first kappa shape index (κ1) is 18.9. The van der Waals surface area contributed by atoms with Crippen LogP contribution in [-0.4, -0.2) is 39.1 Å². The van der Waals surface area contributed by atoms with Crippen LogP contribution in [0.3, 0.4) is 0 Å². The molecule has 1 aromatic rings. The van der Waals surface area contributed by atoms with Gasteiger partial charge < -0.3 is 0 Å². The monoisotopic (exact) mass is 361 g/mol. The molecule has 0 spiro atoms.